The lowest BCUT2D eigenvalue weighted by Crippen LogP contribution is -1.99. The monoisotopic (exact) mass is 233 g/mol. The fourth-order valence-corrected chi connectivity index (χ4v) is 2.85. The van der Waals surface area contributed by atoms with Crippen LogP contribution >= 0.6 is 0 Å². The van der Waals surface area contributed by atoms with Gasteiger partial charge in [0.15, 0.2) is 0 Å². The summed E-state index contributed by atoms with van der Waals surface area (Å²) in [5, 5.41) is 9.28. The van der Waals surface area contributed by atoms with Crippen molar-refractivity contribution >= 4 is 0 Å². The Balaban J connectivity index is 2.06. The molecule has 0 aromatic heterocycles. The van der Waals surface area contributed by atoms with Gasteiger partial charge >= 0.3 is 0 Å². The minimum absolute atomic E-state index is 0.847. The summed E-state index contributed by atoms with van der Waals surface area (Å²) in [6.07, 6.45) is 4.41. The number of hydrogen-bond acceptors (Lipinski definition) is 1. The summed E-state index contributed by atoms with van der Waals surface area (Å²) < 4.78 is 0. The van der Waals surface area contributed by atoms with Crippen molar-refractivity contribution in [2.24, 2.45) is 0 Å². The van der Waals surface area contributed by atoms with Crippen LogP contribution in [0.1, 0.15) is 34.2 Å². The first-order valence-corrected chi connectivity index (χ1v) is 6.46. The Bertz CT molecular complexity index is 605. The van der Waals surface area contributed by atoms with Gasteiger partial charge in [0.1, 0.15) is 0 Å². The Kier molecular flexibility index (Phi) is 2.86. The van der Waals surface area contributed by atoms with E-state index >= 15 is 0 Å². The van der Waals surface area contributed by atoms with Crippen LogP contribution in [0.15, 0.2) is 42.5 Å². The molecule has 0 amide bonds. The van der Waals surface area contributed by atoms with Gasteiger partial charge in [0.2, 0.25) is 0 Å². The number of nitriles is 1. The van der Waals surface area contributed by atoms with Gasteiger partial charge in [0.05, 0.1) is 11.6 Å². The molecular formula is C17H15N. The second-order valence-corrected chi connectivity index (χ2v) is 4.86. The molecule has 0 unspecified atom stereocenters. The van der Waals surface area contributed by atoms with E-state index in [0.717, 1.165) is 18.4 Å². The van der Waals surface area contributed by atoms with Gasteiger partial charge in [-0.3, -0.25) is 0 Å². The molecule has 0 radical (unpaired) electrons. The number of rotatable bonds is 2. The quantitative estimate of drug-likeness (QED) is 0.777. The molecule has 3 rings (SSSR count). The Labute approximate surface area is 108 Å². The number of benzene rings is 2. The molecule has 0 heterocycles. The maximum Gasteiger partial charge on any atom is 0.0994 e. The molecule has 1 aliphatic carbocycles. The van der Waals surface area contributed by atoms with E-state index in [1.807, 2.05) is 12.1 Å². The van der Waals surface area contributed by atoms with Crippen molar-refractivity contribution in [3.63, 3.8) is 0 Å². The molecule has 1 heteroatoms. The van der Waals surface area contributed by atoms with Crippen molar-refractivity contribution in [1.82, 2.24) is 0 Å². The summed E-state index contributed by atoms with van der Waals surface area (Å²) in [5.74, 6) is 0. The lowest BCUT2D eigenvalue weighted by Gasteiger charge is -2.10. The molecule has 88 valence electrons. The van der Waals surface area contributed by atoms with Gasteiger partial charge < -0.3 is 0 Å². The van der Waals surface area contributed by atoms with Crippen LogP contribution in [-0.2, 0) is 19.3 Å². The van der Waals surface area contributed by atoms with Crippen LogP contribution in [0, 0.1) is 11.3 Å². The highest BCUT2D eigenvalue weighted by Gasteiger charge is 2.17. The zero-order valence-electron chi connectivity index (χ0n) is 10.3. The average Bonchev–Trinajstić information content (AvgIpc) is 2.89. The minimum Gasteiger partial charge on any atom is -0.192 e. The molecule has 0 fully saturated rings. The molecule has 18 heavy (non-hydrogen) atoms. The second-order valence-electron chi connectivity index (χ2n) is 4.86. The summed E-state index contributed by atoms with van der Waals surface area (Å²) in [5.41, 5.74) is 6.25. The Morgan fingerprint density at radius 2 is 1.83 bits per heavy atom. The van der Waals surface area contributed by atoms with E-state index in [1.54, 1.807) is 0 Å². The molecule has 0 N–H and O–H groups in total. The van der Waals surface area contributed by atoms with E-state index in [9.17, 15) is 5.26 Å². The van der Waals surface area contributed by atoms with E-state index in [0.29, 0.717) is 0 Å². The number of hydrogen-bond donors (Lipinski definition) is 0. The first kappa shape index (κ1) is 11.0. The fraction of sp³-hybridized carbons (Fsp3) is 0.235. The lowest BCUT2D eigenvalue weighted by atomic mass is 9.93. The number of fused-ring (bicyclic) bond motifs is 1. The highest BCUT2D eigenvalue weighted by Crippen LogP contribution is 2.29. The van der Waals surface area contributed by atoms with E-state index in [-0.39, 0.29) is 0 Å². The third-order valence-electron chi connectivity index (χ3n) is 3.75. The molecule has 2 aromatic carbocycles. The Morgan fingerprint density at radius 3 is 2.61 bits per heavy atom. The van der Waals surface area contributed by atoms with Crippen molar-refractivity contribution < 1.29 is 0 Å². The van der Waals surface area contributed by atoms with Gasteiger partial charge in [-0.15, -0.1) is 0 Å². The molecule has 1 aliphatic rings. The van der Waals surface area contributed by atoms with Crippen LogP contribution in [-0.4, -0.2) is 0 Å². The number of nitrogens with zero attached hydrogens (tertiary/aromatic N) is 1. The molecule has 0 spiro atoms. The predicted molar refractivity (Wildman–Crippen MR) is 72.4 cm³/mol. The van der Waals surface area contributed by atoms with Gasteiger partial charge in [0.25, 0.3) is 0 Å². The molecule has 0 saturated heterocycles. The van der Waals surface area contributed by atoms with Gasteiger partial charge in [-0.05, 0) is 54.0 Å². The zero-order chi connectivity index (χ0) is 12.4. The standard InChI is InChI=1S/C17H15N/c18-12-15-10-9-14-7-4-8-16(14)17(15)11-13-5-2-1-3-6-13/h1-3,5-6,9-10H,4,7-8,11H2. The predicted octanol–water partition coefficient (Wildman–Crippen LogP) is 3.64. The Hall–Kier alpha value is -2.07. The van der Waals surface area contributed by atoms with Crippen LogP contribution in [0.2, 0.25) is 0 Å². The average molecular weight is 233 g/mol. The normalized spacial score (nSPS) is 13.1. The second kappa shape index (κ2) is 4.66. The van der Waals surface area contributed by atoms with Gasteiger partial charge in [-0.1, -0.05) is 36.4 Å². The van der Waals surface area contributed by atoms with E-state index < -0.39 is 0 Å². The minimum atomic E-state index is 0.847. The van der Waals surface area contributed by atoms with E-state index in [1.165, 1.54) is 35.1 Å². The highest BCUT2D eigenvalue weighted by molar-refractivity contribution is 5.50. The smallest absolute Gasteiger partial charge is 0.0994 e. The zero-order valence-corrected chi connectivity index (χ0v) is 10.3. The number of aryl methyl sites for hydroxylation is 1. The van der Waals surface area contributed by atoms with E-state index in [2.05, 4.69) is 36.4 Å². The lowest BCUT2D eigenvalue weighted by molar-refractivity contribution is 0.906. The molecule has 2 aromatic rings. The largest absolute Gasteiger partial charge is 0.192 e. The molecular weight excluding hydrogens is 218 g/mol. The van der Waals surface area contributed by atoms with Crippen LogP contribution in [0.5, 0.6) is 0 Å². The van der Waals surface area contributed by atoms with Crippen LogP contribution < -0.4 is 0 Å². The molecule has 0 saturated carbocycles. The van der Waals surface area contributed by atoms with Crippen molar-refractivity contribution in [2.75, 3.05) is 0 Å². The Morgan fingerprint density at radius 1 is 1.00 bits per heavy atom. The fourth-order valence-electron chi connectivity index (χ4n) is 2.85. The third kappa shape index (κ3) is 1.91. The van der Waals surface area contributed by atoms with Gasteiger partial charge in [-0.2, -0.15) is 5.26 Å². The van der Waals surface area contributed by atoms with Gasteiger partial charge in [0, 0.05) is 0 Å². The van der Waals surface area contributed by atoms with Crippen molar-refractivity contribution in [3.8, 4) is 6.07 Å². The van der Waals surface area contributed by atoms with Crippen LogP contribution in [0.25, 0.3) is 0 Å². The summed E-state index contributed by atoms with van der Waals surface area (Å²) in [4.78, 5) is 0. The van der Waals surface area contributed by atoms with Crippen LogP contribution in [0.3, 0.4) is 0 Å². The van der Waals surface area contributed by atoms with Crippen LogP contribution in [0.4, 0.5) is 0 Å². The third-order valence-corrected chi connectivity index (χ3v) is 3.75. The molecule has 1 nitrogen and oxygen atoms in total. The topological polar surface area (TPSA) is 23.8 Å². The molecule has 0 atom stereocenters. The SMILES string of the molecule is N#Cc1ccc2c(c1Cc1ccccc1)CCC2. The van der Waals surface area contributed by atoms with Crippen molar-refractivity contribution in [3.05, 3.63) is 70.3 Å². The van der Waals surface area contributed by atoms with Crippen molar-refractivity contribution in [1.29, 1.82) is 5.26 Å². The first-order valence-electron chi connectivity index (χ1n) is 6.46. The maximum absolute atomic E-state index is 9.28. The van der Waals surface area contributed by atoms with Gasteiger partial charge in [-0.25, -0.2) is 0 Å². The highest BCUT2D eigenvalue weighted by atomic mass is 14.3. The van der Waals surface area contributed by atoms with E-state index in [4.69, 9.17) is 0 Å². The summed E-state index contributed by atoms with van der Waals surface area (Å²) in [7, 11) is 0. The molecule has 0 bridgehead atoms. The molecule has 0 aliphatic heterocycles. The van der Waals surface area contributed by atoms with Crippen molar-refractivity contribution in [2.45, 2.75) is 25.7 Å². The summed E-state index contributed by atoms with van der Waals surface area (Å²) in [6.45, 7) is 0. The maximum atomic E-state index is 9.28. The first-order chi connectivity index (χ1) is 8.88. The summed E-state index contributed by atoms with van der Waals surface area (Å²) in [6, 6.07) is 16.9. The summed E-state index contributed by atoms with van der Waals surface area (Å²) >= 11 is 0.